The van der Waals surface area contributed by atoms with Gasteiger partial charge < -0.3 is 5.32 Å². The first-order valence-corrected chi connectivity index (χ1v) is 7.58. The molecule has 0 fully saturated rings. The van der Waals surface area contributed by atoms with Crippen molar-refractivity contribution in [2.45, 2.75) is 10.1 Å². The van der Waals surface area contributed by atoms with Crippen molar-refractivity contribution in [1.82, 2.24) is 5.32 Å². The number of halogens is 1. The van der Waals surface area contributed by atoms with E-state index in [0.717, 1.165) is 11.0 Å². The van der Waals surface area contributed by atoms with E-state index in [1.165, 1.54) is 10.5 Å². The van der Waals surface area contributed by atoms with Crippen LogP contribution in [0.1, 0.15) is 10.8 Å². The molecule has 0 aromatic heterocycles. The van der Waals surface area contributed by atoms with Gasteiger partial charge in [-0.3, -0.25) is 0 Å². The van der Waals surface area contributed by atoms with Gasteiger partial charge in [-0.1, -0.05) is 52.3 Å². The summed E-state index contributed by atoms with van der Waals surface area (Å²) < 4.78 is 1.13. The van der Waals surface area contributed by atoms with E-state index in [9.17, 15) is 0 Å². The number of nitrogens with one attached hydrogen (secondary N) is 1. The molecule has 3 heteroatoms. The molecule has 0 aliphatic heterocycles. The second-order valence-corrected chi connectivity index (χ2v) is 6.22. The summed E-state index contributed by atoms with van der Waals surface area (Å²) >= 11 is 5.41. The highest BCUT2D eigenvalue weighted by atomic mass is 79.9. The highest BCUT2D eigenvalue weighted by Gasteiger charge is 2.12. The molecule has 2 aromatic carbocycles. The smallest absolute Gasteiger partial charge is 0.0468 e. The lowest BCUT2D eigenvalue weighted by atomic mass is 10.1. The van der Waals surface area contributed by atoms with Crippen LogP contribution >= 0.6 is 27.7 Å². The summed E-state index contributed by atoms with van der Waals surface area (Å²) in [5.41, 5.74) is 1.36. The molecule has 0 bridgehead atoms. The van der Waals surface area contributed by atoms with Crippen molar-refractivity contribution >= 4 is 27.7 Å². The fraction of sp³-hybridized carbons (Fsp3) is 0.200. The van der Waals surface area contributed by atoms with Crippen LogP contribution in [0.4, 0.5) is 0 Å². The molecule has 0 saturated carbocycles. The summed E-state index contributed by atoms with van der Waals surface area (Å²) in [6.45, 7) is 0.960. The van der Waals surface area contributed by atoms with Crippen molar-refractivity contribution in [2.24, 2.45) is 0 Å². The van der Waals surface area contributed by atoms with Gasteiger partial charge >= 0.3 is 0 Å². The standard InChI is InChI=1S/C15H16BrNS/c1-17-11-15(12-6-3-2-4-7-12)18-14-9-5-8-13(16)10-14/h2-10,15,17H,11H2,1H3. The molecule has 0 aliphatic carbocycles. The molecule has 0 saturated heterocycles. The highest BCUT2D eigenvalue weighted by molar-refractivity contribution is 9.10. The minimum atomic E-state index is 0.436. The van der Waals surface area contributed by atoms with E-state index < -0.39 is 0 Å². The van der Waals surface area contributed by atoms with Gasteiger partial charge in [0, 0.05) is 21.2 Å². The molecule has 0 heterocycles. The van der Waals surface area contributed by atoms with Gasteiger partial charge in [0.15, 0.2) is 0 Å². The molecule has 1 nitrogen and oxygen atoms in total. The van der Waals surface area contributed by atoms with Crippen LogP contribution in [0, 0.1) is 0 Å². The number of rotatable bonds is 5. The lowest BCUT2D eigenvalue weighted by molar-refractivity contribution is 0.778. The molecule has 1 N–H and O–H groups in total. The van der Waals surface area contributed by atoms with Crippen LogP contribution in [-0.4, -0.2) is 13.6 Å². The predicted octanol–water partition coefficient (Wildman–Crippen LogP) is 4.50. The fourth-order valence-electron chi connectivity index (χ4n) is 1.79. The average Bonchev–Trinajstić information content (AvgIpc) is 2.39. The third-order valence-electron chi connectivity index (χ3n) is 2.64. The Bertz CT molecular complexity index is 487. The lowest BCUT2D eigenvalue weighted by Crippen LogP contribution is -2.14. The van der Waals surface area contributed by atoms with Crippen molar-refractivity contribution in [1.29, 1.82) is 0 Å². The Hall–Kier alpha value is -0.770. The molecule has 2 rings (SSSR count). The quantitative estimate of drug-likeness (QED) is 0.813. The third kappa shape index (κ3) is 3.87. The number of benzene rings is 2. The second-order valence-electron chi connectivity index (χ2n) is 4.03. The van der Waals surface area contributed by atoms with E-state index in [2.05, 4.69) is 75.8 Å². The minimum Gasteiger partial charge on any atom is -0.318 e. The largest absolute Gasteiger partial charge is 0.318 e. The molecular weight excluding hydrogens is 306 g/mol. The zero-order chi connectivity index (χ0) is 12.8. The van der Waals surface area contributed by atoms with E-state index in [1.807, 2.05) is 18.8 Å². The van der Waals surface area contributed by atoms with Crippen molar-refractivity contribution < 1.29 is 0 Å². The first-order chi connectivity index (χ1) is 8.79. The second kappa shape index (κ2) is 6.98. The topological polar surface area (TPSA) is 12.0 Å². The number of thioether (sulfide) groups is 1. The van der Waals surface area contributed by atoms with Gasteiger partial charge in [0.05, 0.1) is 0 Å². The summed E-state index contributed by atoms with van der Waals surface area (Å²) in [5.74, 6) is 0. The SMILES string of the molecule is CNCC(Sc1cccc(Br)c1)c1ccccc1. The van der Waals surface area contributed by atoms with E-state index >= 15 is 0 Å². The summed E-state index contributed by atoms with van der Waals surface area (Å²) in [6.07, 6.45) is 0. The van der Waals surface area contributed by atoms with Crippen LogP contribution in [-0.2, 0) is 0 Å². The molecule has 1 unspecified atom stereocenters. The van der Waals surface area contributed by atoms with Crippen LogP contribution in [0.15, 0.2) is 64.0 Å². The molecular formula is C15H16BrNS. The van der Waals surface area contributed by atoms with E-state index in [-0.39, 0.29) is 0 Å². The normalized spacial score (nSPS) is 12.3. The van der Waals surface area contributed by atoms with Gasteiger partial charge in [0.1, 0.15) is 0 Å². The van der Waals surface area contributed by atoms with Crippen molar-refractivity contribution in [3.8, 4) is 0 Å². The van der Waals surface area contributed by atoms with Crippen molar-refractivity contribution in [2.75, 3.05) is 13.6 Å². The first kappa shape index (κ1) is 13.7. The fourth-order valence-corrected chi connectivity index (χ4v) is 3.56. The number of likely N-dealkylation sites (N-methyl/N-ethyl adjacent to an activating group) is 1. The lowest BCUT2D eigenvalue weighted by Gasteiger charge is -2.16. The Balaban J connectivity index is 2.16. The molecule has 0 radical (unpaired) electrons. The molecule has 18 heavy (non-hydrogen) atoms. The molecule has 94 valence electrons. The van der Waals surface area contributed by atoms with Gasteiger partial charge in [-0.25, -0.2) is 0 Å². The van der Waals surface area contributed by atoms with Crippen LogP contribution in [0.25, 0.3) is 0 Å². The zero-order valence-electron chi connectivity index (χ0n) is 10.3. The van der Waals surface area contributed by atoms with Crippen molar-refractivity contribution in [3.05, 3.63) is 64.6 Å². The third-order valence-corrected chi connectivity index (χ3v) is 4.38. The monoisotopic (exact) mass is 321 g/mol. The summed E-state index contributed by atoms with van der Waals surface area (Å²) in [5, 5.41) is 3.70. The Morgan fingerprint density at radius 1 is 1.11 bits per heavy atom. The van der Waals surface area contributed by atoms with Crippen molar-refractivity contribution in [3.63, 3.8) is 0 Å². The van der Waals surface area contributed by atoms with Crippen LogP contribution < -0.4 is 5.32 Å². The van der Waals surface area contributed by atoms with Crippen LogP contribution in [0.2, 0.25) is 0 Å². The van der Waals surface area contributed by atoms with Crippen LogP contribution in [0.5, 0.6) is 0 Å². The number of hydrogen-bond acceptors (Lipinski definition) is 2. The van der Waals surface area contributed by atoms with E-state index in [0.29, 0.717) is 5.25 Å². The molecule has 1 atom stereocenters. The number of hydrogen-bond donors (Lipinski definition) is 1. The molecule has 0 aliphatic rings. The van der Waals surface area contributed by atoms with Gasteiger partial charge in [0.25, 0.3) is 0 Å². The maximum atomic E-state index is 3.52. The van der Waals surface area contributed by atoms with E-state index in [4.69, 9.17) is 0 Å². The van der Waals surface area contributed by atoms with E-state index in [1.54, 1.807) is 0 Å². The Morgan fingerprint density at radius 3 is 2.56 bits per heavy atom. The van der Waals surface area contributed by atoms with Gasteiger partial charge in [0.2, 0.25) is 0 Å². The minimum absolute atomic E-state index is 0.436. The average molecular weight is 322 g/mol. The van der Waals surface area contributed by atoms with Crippen LogP contribution in [0.3, 0.4) is 0 Å². The highest BCUT2D eigenvalue weighted by Crippen LogP contribution is 2.35. The van der Waals surface area contributed by atoms with Gasteiger partial charge in [-0.2, -0.15) is 0 Å². The maximum absolute atomic E-state index is 3.52. The maximum Gasteiger partial charge on any atom is 0.0468 e. The first-order valence-electron chi connectivity index (χ1n) is 5.91. The Morgan fingerprint density at radius 2 is 1.89 bits per heavy atom. The summed E-state index contributed by atoms with van der Waals surface area (Å²) in [6, 6.07) is 19.1. The predicted molar refractivity (Wildman–Crippen MR) is 83.1 cm³/mol. The molecule has 0 amide bonds. The van der Waals surface area contributed by atoms with Gasteiger partial charge in [-0.05, 0) is 30.8 Å². The molecule has 0 spiro atoms. The summed E-state index contributed by atoms with van der Waals surface area (Å²) in [4.78, 5) is 1.29. The Labute approximate surface area is 121 Å². The Kier molecular flexibility index (Phi) is 5.29. The van der Waals surface area contributed by atoms with Gasteiger partial charge in [-0.15, -0.1) is 11.8 Å². The summed E-state index contributed by atoms with van der Waals surface area (Å²) in [7, 11) is 2.00. The zero-order valence-corrected chi connectivity index (χ0v) is 12.7. The molecule has 2 aromatic rings.